The molecule has 0 aliphatic carbocycles. The summed E-state index contributed by atoms with van der Waals surface area (Å²) < 4.78 is 54.5. The summed E-state index contributed by atoms with van der Waals surface area (Å²) in [5, 5.41) is 4.82. The van der Waals surface area contributed by atoms with Crippen molar-refractivity contribution in [3.05, 3.63) is 58.7 Å². The quantitative estimate of drug-likeness (QED) is 0.836. The van der Waals surface area contributed by atoms with Crippen molar-refractivity contribution >= 4 is 11.4 Å². The molecule has 2 nitrogen and oxygen atoms in total. The third-order valence-corrected chi connectivity index (χ3v) is 3.11. The Morgan fingerprint density at radius 3 is 1.19 bits per heavy atom. The number of hydrogen-bond donors (Lipinski definition) is 2. The average Bonchev–Trinajstić information content (AvgIpc) is 2.38. The molecule has 0 radical (unpaired) electrons. The van der Waals surface area contributed by atoms with E-state index in [9.17, 15) is 17.6 Å². The van der Waals surface area contributed by atoms with E-state index in [2.05, 4.69) is 10.6 Å². The fourth-order valence-corrected chi connectivity index (χ4v) is 2.17. The van der Waals surface area contributed by atoms with E-state index in [1.54, 1.807) is 0 Å². The molecule has 0 saturated carbocycles. The predicted molar refractivity (Wildman–Crippen MR) is 74.6 cm³/mol. The van der Waals surface area contributed by atoms with Crippen LogP contribution in [0.5, 0.6) is 0 Å². The van der Waals surface area contributed by atoms with Crippen LogP contribution in [0.4, 0.5) is 28.9 Å². The van der Waals surface area contributed by atoms with Gasteiger partial charge in [0.15, 0.2) is 0 Å². The van der Waals surface area contributed by atoms with Crippen molar-refractivity contribution in [2.24, 2.45) is 0 Å². The molecule has 0 bridgehead atoms. The van der Waals surface area contributed by atoms with Crippen LogP contribution in [0, 0.1) is 23.3 Å². The van der Waals surface area contributed by atoms with Crippen molar-refractivity contribution in [2.45, 2.75) is 6.42 Å². The Morgan fingerprint density at radius 1 is 0.667 bits per heavy atom. The molecule has 6 heteroatoms. The van der Waals surface area contributed by atoms with Crippen LogP contribution in [0.25, 0.3) is 0 Å². The van der Waals surface area contributed by atoms with Crippen LogP contribution in [0.15, 0.2) is 24.3 Å². The van der Waals surface area contributed by atoms with Crippen LogP contribution < -0.4 is 10.6 Å². The number of anilines is 2. The molecule has 112 valence electrons. The van der Waals surface area contributed by atoms with E-state index in [0.717, 1.165) is 24.3 Å². The van der Waals surface area contributed by atoms with Crippen molar-refractivity contribution in [3.63, 3.8) is 0 Å². The smallest absolute Gasteiger partial charge is 0.149 e. The number of benzene rings is 2. The van der Waals surface area contributed by atoms with Crippen LogP contribution in [0.2, 0.25) is 0 Å². The average molecular weight is 298 g/mol. The van der Waals surface area contributed by atoms with Crippen molar-refractivity contribution in [3.8, 4) is 0 Å². The summed E-state index contributed by atoms with van der Waals surface area (Å²) in [6.07, 6.45) is 0.0235. The van der Waals surface area contributed by atoms with Crippen LogP contribution in [0.1, 0.15) is 11.1 Å². The van der Waals surface area contributed by atoms with Crippen LogP contribution in [0.3, 0.4) is 0 Å². The molecule has 2 N–H and O–H groups in total. The van der Waals surface area contributed by atoms with Gasteiger partial charge in [-0.3, -0.25) is 0 Å². The van der Waals surface area contributed by atoms with E-state index in [1.807, 2.05) is 0 Å². The molecule has 2 rings (SSSR count). The summed E-state index contributed by atoms with van der Waals surface area (Å²) in [5.41, 5.74) is 0.114. The topological polar surface area (TPSA) is 24.1 Å². The predicted octanol–water partition coefficient (Wildman–Crippen LogP) is 3.92. The van der Waals surface area contributed by atoms with E-state index in [4.69, 9.17) is 0 Å². The second-order valence-electron chi connectivity index (χ2n) is 4.55. The monoisotopic (exact) mass is 298 g/mol. The standard InChI is InChI=1S/C15H14F4N2/c1-20-14-10(16)4-8(5-11(14)17)3-9-6-12(18)15(21-2)13(19)7-9/h4-7,20-21H,3H2,1-2H3. The molecule has 21 heavy (non-hydrogen) atoms. The highest BCUT2D eigenvalue weighted by molar-refractivity contribution is 5.50. The van der Waals surface area contributed by atoms with E-state index < -0.39 is 23.3 Å². The summed E-state index contributed by atoms with van der Waals surface area (Å²) in [7, 11) is 2.81. The lowest BCUT2D eigenvalue weighted by atomic mass is 10.0. The maximum Gasteiger partial charge on any atom is 0.149 e. The first-order valence-electron chi connectivity index (χ1n) is 6.27. The van der Waals surface area contributed by atoms with Crippen molar-refractivity contribution < 1.29 is 17.6 Å². The lowest BCUT2D eigenvalue weighted by Crippen LogP contribution is -2.01. The van der Waals surface area contributed by atoms with Gasteiger partial charge in [0.05, 0.1) is 0 Å². The van der Waals surface area contributed by atoms with Crippen LogP contribution >= 0.6 is 0 Å². The van der Waals surface area contributed by atoms with E-state index in [1.165, 1.54) is 14.1 Å². The molecular formula is C15H14F4N2. The van der Waals surface area contributed by atoms with Crippen LogP contribution in [-0.2, 0) is 6.42 Å². The minimum atomic E-state index is -0.750. The Kier molecular flexibility index (Phi) is 4.35. The first kappa shape index (κ1) is 15.2. The molecular weight excluding hydrogens is 284 g/mol. The van der Waals surface area contributed by atoms with Crippen LogP contribution in [-0.4, -0.2) is 14.1 Å². The Bertz CT molecular complexity index is 567. The molecule has 0 atom stereocenters. The Hall–Kier alpha value is -2.24. The molecule has 0 amide bonds. The minimum Gasteiger partial charge on any atom is -0.383 e. The number of rotatable bonds is 4. The summed E-state index contributed by atoms with van der Waals surface area (Å²) in [6.45, 7) is 0. The van der Waals surface area contributed by atoms with Crippen molar-refractivity contribution in [1.29, 1.82) is 0 Å². The van der Waals surface area contributed by atoms with E-state index in [0.29, 0.717) is 11.1 Å². The first-order chi connectivity index (χ1) is 9.96. The van der Waals surface area contributed by atoms with E-state index >= 15 is 0 Å². The molecule has 0 heterocycles. The van der Waals surface area contributed by atoms with Gasteiger partial charge >= 0.3 is 0 Å². The maximum atomic E-state index is 13.6. The first-order valence-corrected chi connectivity index (χ1v) is 6.27. The van der Waals surface area contributed by atoms with Crippen molar-refractivity contribution in [1.82, 2.24) is 0 Å². The lowest BCUT2D eigenvalue weighted by Gasteiger charge is -2.10. The summed E-state index contributed by atoms with van der Waals surface area (Å²) in [6, 6.07) is 4.54. The highest BCUT2D eigenvalue weighted by Crippen LogP contribution is 2.25. The molecule has 0 aliphatic rings. The normalized spacial score (nSPS) is 10.6. The van der Waals surface area contributed by atoms with Gasteiger partial charge in [-0.25, -0.2) is 17.6 Å². The lowest BCUT2D eigenvalue weighted by molar-refractivity contribution is 0.584. The Balaban J connectivity index is 2.35. The Morgan fingerprint density at radius 2 is 0.952 bits per heavy atom. The second-order valence-corrected chi connectivity index (χ2v) is 4.55. The third-order valence-electron chi connectivity index (χ3n) is 3.11. The second kappa shape index (κ2) is 6.03. The van der Waals surface area contributed by atoms with Gasteiger partial charge in [0.2, 0.25) is 0 Å². The summed E-state index contributed by atoms with van der Waals surface area (Å²) in [5.74, 6) is -3.00. The van der Waals surface area contributed by atoms with Gasteiger partial charge in [-0.15, -0.1) is 0 Å². The van der Waals surface area contributed by atoms with Gasteiger partial charge in [-0.2, -0.15) is 0 Å². The summed E-state index contributed by atoms with van der Waals surface area (Å²) >= 11 is 0. The fourth-order valence-electron chi connectivity index (χ4n) is 2.17. The van der Waals surface area contributed by atoms with Gasteiger partial charge < -0.3 is 10.6 Å². The zero-order chi connectivity index (χ0) is 15.6. The van der Waals surface area contributed by atoms with Crippen molar-refractivity contribution in [2.75, 3.05) is 24.7 Å². The largest absolute Gasteiger partial charge is 0.383 e. The number of hydrogen-bond acceptors (Lipinski definition) is 2. The SMILES string of the molecule is CNc1c(F)cc(Cc2cc(F)c(NC)c(F)c2)cc1F. The number of halogens is 4. The molecule has 0 spiro atoms. The van der Waals surface area contributed by atoms with Gasteiger partial charge in [0, 0.05) is 14.1 Å². The fraction of sp³-hybridized carbons (Fsp3) is 0.200. The number of nitrogens with one attached hydrogen (secondary N) is 2. The maximum absolute atomic E-state index is 13.6. The van der Waals surface area contributed by atoms with Gasteiger partial charge in [0.25, 0.3) is 0 Å². The zero-order valence-electron chi connectivity index (χ0n) is 11.5. The third kappa shape index (κ3) is 3.09. The highest BCUT2D eigenvalue weighted by Gasteiger charge is 2.13. The molecule has 0 aromatic heterocycles. The molecule has 0 saturated heterocycles. The minimum absolute atomic E-state index is 0.0235. The molecule has 0 unspecified atom stereocenters. The molecule has 2 aromatic carbocycles. The summed E-state index contributed by atoms with van der Waals surface area (Å²) in [4.78, 5) is 0. The van der Waals surface area contributed by atoms with Gasteiger partial charge in [-0.1, -0.05) is 0 Å². The molecule has 0 fully saturated rings. The van der Waals surface area contributed by atoms with Gasteiger partial charge in [0.1, 0.15) is 34.6 Å². The Labute approximate surface area is 119 Å². The zero-order valence-corrected chi connectivity index (χ0v) is 11.5. The highest BCUT2D eigenvalue weighted by atomic mass is 19.1. The van der Waals surface area contributed by atoms with Gasteiger partial charge in [-0.05, 0) is 41.8 Å². The van der Waals surface area contributed by atoms with E-state index in [-0.39, 0.29) is 17.8 Å². The molecule has 2 aromatic rings. The molecule has 0 aliphatic heterocycles.